The molecule has 98 valence electrons. The summed E-state index contributed by atoms with van der Waals surface area (Å²) in [4.78, 5) is 4.66. The van der Waals surface area contributed by atoms with Crippen LogP contribution in [0.15, 0.2) is 35.0 Å². The number of para-hydroxylation sites is 2. The Bertz CT molecular complexity index is 696. The lowest BCUT2D eigenvalue weighted by Gasteiger charge is -2.05. The Balaban J connectivity index is 1.72. The molecule has 0 saturated heterocycles. The number of nitrogens with one attached hydrogen (secondary N) is 1. The van der Waals surface area contributed by atoms with Crippen molar-refractivity contribution in [3.8, 4) is 0 Å². The van der Waals surface area contributed by atoms with Gasteiger partial charge in [0, 0.05) is 13.6 Å². The van der Waals surface area contributed by atoms with Crippen LogP contribution in [0.25, 0.3) is 11.0 Å². The molecule has 0 unspecified atom stereocenters. The second-order valence-electron chi connectivity index (χ2n) is 4.76. The van der Waals surface area contributed by atoms with Crippen LogP contribution in [0, 0.1) is 6.92 Å². The number of fused-ring (bicyclic) bond motifs is 1. The molecule has 0 aliphatic rings. The topological polar surface area (TPSA) is 29.9 Å². The van der Waals surface area contributed by atoms with Gasteiger partial charge in [0.25, 0.3) is 0 Å². The molecule has 3 rings (SSSR count). The highest BCUT2D eigenvalue weighted by Crippen LogP contribution is 2.15. The SMILES string of the molecule is Cc1cscc1CNCc1nc2ccccc2n1C. The quantitative estimate of drug-likeness (QED) is 0.789. The monoisotopic (exact) mass is 271 g/mol. The number of thiophene rings is 1. The molecule has 2 aromatic heterocycles. The van der Waals surface area contributed by atoms with Crippen LogP contribution in [-0.2, 0) is 20.1 Å². The minimum Gasteiger partial charge on any atom is -0.330 e. The van der Waals surface area contributed by atoms with Gasteiger partial charge >= 0.3 is 0 Å². The zero-order valence-corrected chi connectivity index (χ0v) is 12.0. The van der Waals surface area contributed by atoms with E-state index in [4.69, 9.17) is 0 Å². The molecule has 0 atom stereocenters. The van der Waals surface area contributed by atoms with E-state index in [2.05, 4.69) is 57.8 Å². The van der Waals surface area contributed by atoms with Crippen LogP contribution in [-0.4, -0.2) is 9.55 Å². The van der Waals surface area contributed by atoms with E-state index in [-0.39, 0.29) is 0 Å². The number of hydrogen-bond acceptors (Lipinski definition) is 3. The van der Waals surface area contributed by atoms with E-state index in [0.717, 1.165) is 24.4 Å². The van der Waals surface area contributed by atoms with Crippen LogP contribution in [0.4, 0.5) is 0 Å². The van der Waals surface area contributed by atoms with Crippen molar-refractivity contribution >= 4 is 22.4 Å². The molecule has 0 radical (unpaired) electrons. The number of aromatic nitrogens is 2. The average Bonchev–Trinajstić information content (AvgIpc) is 2.96. The van der Waals surface area contributed by atoms with Gasteiger partial charge in [-0.05, 0) is 40.9 Å². The van der Waals surface area contributed by atoms with Gasteiger partial charge in [-0.25, -0.2) is 4.98 Å². The molecule has 2 heterocycles. The highest BCUT2D eigenvalue weighted by Gasteiger charge is 2.06. The van der Waals surface area contributed by atoms with E-state index >= 15 is 0 Å². The van der Waals surface area contributed by atoms with Crippen molar-refractivity contribution in [2.45, 2.75) is 20.0 Å². The molecule has 0 aliphatic heterocycles. The molecule has 0 saturated carbocycles. The number of benzene rings is 1. The molecule has 0 aliphatic carbocycles. The minimum atomic E-state index is 0.792. The highest BCUT2D eigenvalue weighted by molar-refractivity contribution is 7.08. The fraction of sp³-hybridized carbons (Fsp3) is 0.267. The highest BCUT2D eigenvalue weighted by atomic mass is 32.1. The maximum absolute atomic E-state index is 4.66. The Labute approximate surface area is 116 Å². The molecule has 3 aromatic rings. The standard InChI is InChI=1S/C15H17N3S/c1-11-9-19-10-12(11)7-16-8-15-17-13-5-3-4-6-14(13)18(15)2/h3-6,9-10,16H,7-8H2,1-2H3. The Morgan fingerprint density at radius 3 is 2.79 bits per heavy atom. The first kappa shape index (κ1) is 12.4. The van der Waals surface area contributed by atoms with E-state index < -0.39 is 0 Å². The third-order valence-electron chi connectivity index (χ3n) is 3.44. The van der Waals surface area contributed by atoms with Crippen LogP contribution in [0.1, 0.15) is 17.0 Å². The van der Waals surface area contributed by atoms with Gasteiger partial charge in [0.15, 0.2) is 0 Å². The number of nitrogens with zero attached hydrogens (tertiary/aromatic N) is 2. The number of imidazole rings is 1. The lowest BCUT2D eigenvalue weighted by Crippen LogP contribution is -2.15. The number of hydrogen-bond donors (Lipinski definition) is 1. The summed E-state index contributed by atoms with van der Waals surface area (Å²) in [5.74, 6) is 1.08. The summed E-state index contributed by atoms with van der Waals surface area (Å²) in [7, 11) is 2.07. The largest absolute Gasteiger partial charge is 0.330 e. The third kappa shape index (κ3) is 2.41. The van der Waals surface area contributed by atoms with Gasteiger partial charge in [0.2, 0.25) is 0 Å². The van der Waals surface area contributed by atoms with Crippen molar-refractivity contribution in [3.05, 3.63) is 52.0 Å². The van der Waals surface area contributed by atoms with Gasteiger partial charge in [-0.3, -0.25) is 0 Å². The molecule has 0 spiro atoms. The molecule has 0 amide bonds. The number of rotatable bonds is 4. The third-order valence-corrected chi connectivity index (χ3v) is 4.35. The van der Waals surface area contributed by atoms with Crippen LogP contribution in [0.3, 0.4) is 0 Å². The fourth-order valence-electron chi connectivity index (χ4n) is 2.23. The minimum absolute atomic E-state index is 0.792. The lowest BCUT2D eigenvalue weighted by atomic mass is 10.2. The van der Waals surface area contributed by atoms with Crippen molar-refractivity contribution in [3.63, 3.8) is 0 Å². The van der Waals surface area contributed by atoms with Crippen molar-refractivity contribution in [2.24, 2.45) is 7.05 Å². The molecule has 3 nitrogen and oxygen atoms in total. The molecule has 1 aromatic carbocycles. The molecule has 4 heteroatoms. The Kier molecular flexibility index (Phi) is 3.36. The van der Waals surface area contributed by atoms with E-state index in [0.29, 0.717) is 0 Å². The summed E-state index contributed by atoms with van der Waals surface area (Å²) in [5.41, 5.74) is 4.99. The van der Waals surface area contributed by atoms with Crippen LogP contribution < -0.4 is 5.32 Å². The zero-order valence-electron chi connectivity index (χ0n) is 11.2. The predicted octanol–water partition coefficient (Wildman–Crippen LogP) is 3.23. The summed E-state index contributed by atoms with van der Waals surface area (Å²) >= 11 is 1.76. The smallest absolute Gasteiger partial charge is 0.123 e. The summed E-state index contributed by atoms with van der Waals surface area (Å²) < 4.78 is 2.16. The molecular formula is C15H17N3S. The summed E-state index contributed by atoms with van der Waals surface area (Å²) in [5, 5.41) is 7.86. The first-order chi connectivity index (χ1) is 9.25. The normalized spacial score (nSPS) is 11.3. The van der Waals surface area contributed by atoms with Gasteiger partial charge in [-0.1, -0.05) is 12.1 Å². The Morgan fingerprint density at radius 2 is 2.05 bits per heavy atom. The van der Waals surface area contributed by atoms with E-state index in [1.807, 2.05) is 6.07 Å². The molecule has 0 fully saturated rings. The van der Waals surface area contributed by atoms with Gasteiger partial charge in [-0.2, -0.15) is 11.3 Å². The van der Waals surface area contributed by atoms with E-state index in [9.17, 15) is 0 Å². The van der Waals surface area contributed by atoms with Gasteiger partial charge in [0.05, 0.1) is 17.6 Å². The van der Waals surface area contributed by atoms with Gasteiger partial charge in [0.1, 0.15) is 5.82 Å². The maximum atomic E-state index is 4.66. The second-order valence-corrected chi connectivity index (χ2v) is 5.50. The summed E-state index contributed by atoms with van der Waals surface area (Å²) in [6.07, 6.45) is 0. The molecule has 19 heavy (non-hydrogen) atoms. The first-order valence-corrected chi connectivity index (χ1v) is 7.32. The lowest BCUT2D eigenvalue weighted by molar-refractivity contribution is 0.643. The van der Waals surface area contributed by atoms with Crippen LogP contribution in [0.2, 0.25) is 0 Å². The van der Waals surface area contributed by atoms with Crippen LogP contribution >= 0.6 is 11.3 Å². The molecule has 0 bridgehead atoms. The average molecular weight is 271 g/mol. The maximum Gasteiger partial charge on any atom is 0.123 e. The number of aryl methyl sites for hydroxylation is 2. The van der Waals surface area contributed by atoms with E-state index in [1.165, 1.54) is 16.6 Å². The van der Waals surface area contributed by atoms with Gasteiger partial charge in [-0.15, -0.1) is 0 Å². The fourth-order valence-corrected chi connectivity index (χ4v) is 3.09. The Hall–Kier alpha value is -1.65. The van der Waals surface area contributed by atoms with Gasteiger partial charge < -0.3 is 9.88 Å². The van der Waals surface area contributed by atoms with Crippen molar-refractivity contribution in [1.29, 1.82) is 0 Å². The van der Waals surface area contributed by atoms with Crippen molar-refractivity contribution in [2.75, 3.05) is 0 Å². The van der Waals surface area contributed by atoms with Crippen molar-refractivity contribution in [1.82, 2.24) is 14.9 Å². The second kappa shape index (κ2) is 5.15. The zero-order chi connectivity index (χ0) is 13.2. The summed E-state index contributed by atoms with van der Waals surface area (Å²) in [6, 6.07) is 8.24. The van der Waals surface area contributed by atoms with E-state index in [1.54, 1.807) is 11.3 Å². The predicted molar refractivity (Wildman–Crippen MR) is 80.3 cm³/mol. The molecular weight excluding hydrogens is 254 g/mol. The first-order valence-electron chi connectivity index (χ1n) is 6.38. The van der Waals surface area contributed by atoms with Crippen molar-refractivity contribution < 1.29 is 0 Å². The molecule has 1 N–H and O–H groups in total. The summed E-state index contributed by atoms with van der Waals surface area (Å²) in [6.45, 7) is 3.85. The Morgan fingerprint density at radius 1 is 1.21 bits per heavy atom. The van der Waals surface area contributed by atoms with Crippen LogP contribution in [0.5, 0.6) is 0 Å².